The first kappa shape index (κ1) is 16.0. The van der Waals surface area contributed by atoms with Gasteiger partial charge in [0.05, 0.1) is 25.3 Å². The molecule has 1 heterocycles. The van der Waals surface area contributed by atoms with Gasteiger partial charge in [-0.05, 0) is 36.8 Å². The first-order chi connectivity index (χ1) is 9.95. The van der Waals surface area contributed by atoms with Crippen LogP contribution in [-0.2, 0) is 0 Å². The van der Waals surface area contributed by atoms with E-state index in [1.807, 2.05) is 0 Å². The van der Waals surface area contributed by atoms with Crippen molar-refractivity contribution in [3.63, 3.8) is 0 Å². The normalized spacial score (nSPS) is 24.6. The van der Waals surface area contributed by atoms with Gasteiger partial charge in [-0.1, -0.05) is 6.42 Å². The van der Waals surface area contributed by atoms with Gasteiger partial charge >= 0.3 is 6.18 Å². The number of aromatic nitrogens is 1. The molecule has 0 radical (unpaired) electrons. The smallest absolute Gasteiger partial charge is 0.391 e. The zero-order chi connectivity index (χ0) is 15.5. The molecule has 1 aromatic rings. The lowest BCUT2D eigenvalue weighted by Crippen LogP contribution is -2.38. The second-order valence-corrected chi connectivity index (χ2v) is 5.47. The van der Waals surface area contributed by atoms with E-state index in [2.05, 4.69) is 10.4 Å². The summed E-state index contributed by atoms with van der Waals surface area (Å²) >= 11 is 0. The maximum atomic E-state index is 12.9. The number of ether oxygens (including phenoxy) is 1. The molecule has 1 aliphatic carbocycles. The molecule has 0 amide bonds. The molecule has 1 aliphatic rings. The maximum Gasteiger partial charge on any atom is 0.391 e. The fourth-order valence-electron chi connectivity index (χ4n) is 3.05. The average molecular weight is 303 g/mol. The zero-order valence-electron chi connectivity index (χ0n) is 11.9. The molecule has 3 atom stereocenters. The van der Waals surface area contributed by atoms with Crippen molar-refractivity contribution in [2.75, 3.05) is 7.11 Å². The van der Waals surface area contributed by atoms with Crippen molar-refractivity contribution in [3.8, 4) is 5.75 Å². The third kappa shape index (κ3) is 3.85. The summed E-state index contributed by atoms with van der Waals surface area (Å²) in [5, 5.41) is 0. The number of methoxy groups -OCH3 is 1. The van der Waals surface area contributed by atoms with Gasteiger partial charge in [0.25, 0.3) is 0 Å². The van der Waals surface area contributed by atoms with Crippen LogP contribution in [0.25, 0.3) is 0 Å². The largest absolute Gasteiger partial charge is 0.495 e. The summed E-state index contributed by atoms with van der Waals surface area (Å²) in [4.78, 5) is 4.04. The lowest BCUT2D eigenvalue weighted by molar-refractivity contribution is -0.186. The zero-order valence-corrected chi connectivity index (χ0v) is 11.9. The van der Waals surface area contributed by atoms with E-state index >= 15 is 0 Å². The van der Waals surface area contributed by atoms with Crippen LogP contribution in [0.5, 0.6) is 5.75 Å². The molecule has 3 unspecified atom stereocenters. The Morgan fingerprint density at radius 2 is 2.14 bits per heavy atom. The Kier molecular flexibility index (Phi) is 5.05. The van der Waals surface area contributed by atoms with Crippen molar-refractivity contribution in [3.05, 3.63) is 24.0 Å². The van der Waals surface area contributed by atoms with E-state index in [0.717, 1.165) is 12.0 Å². The van der Waals surface area contributed by atoms with Crippen molar-refractivity contribution in [1.82, 2.24) is 10.4 Å². The number of nitrogens with one attached hydrogen (secondary N) is 1. The fraction of sp³-hybridized carbons (Fsp3) is 0.643. The van der Waals surface area contributed by atoms with Crippen LogP contribution in [0.2, 0.25) is 0 Å². The number of nitrogens with zero attached hydrogens (tertiary/aromatic N) is 1. The van der Waals surface area contributed by atoms with E-state index in [4.69, 9.17) is 10.6 Å². The molecule has 1 fully saturated rings. The fourth-order valence-corrected chi connectivity index (χ4v) is 3.05. The number of hydrogen-bond donors (Lipinski definition) is 2. The number of alkyl halides is 3. The van der Waals surface area contributed by atoms with E-state index in [1.165, 1.54) is 7.11 Å². The molecule has 2 rings (SSSR count). The van der Waals surface area contributed by atoms with Gasteiger partial charge in [0.15, 0.2) is 0 Å². The number of nitrogens with two attached hydrogens (primary N) is 1. The number of rotatable bonds is 4. The molecule has 0 saturated heterocycles. The van der Waals surface area contributed by atoms with Gasteiger partial charge in [-0.3, -0.25) is 16.3 Å². The highest BCUT2D eigenvalue weighted by Crippen LogP contribution is 2.43. The summed E-state index contributed by atoms with van der Waals surface area (Å²) in [5.74, 6) is 4.74. The SMILES string of the molecule is COc1cncc(C(NN)C2CCCC(C(F)(F)F)C2)c1. The molecule has 0 spiro atoms. The predicted molar refractivity (Wildman–Crippen MR) is 72.4 cm³/mol. The maximum absolute atomic E-state index is 12.9. The van der Waals surface area contributed by atoms with Crippen molar-refractivity contribution in [2.24, 2.45) is 17.7 Å². The Bertz CT molecular complexity index is 467. The van der Waals surface area contributed by atoms with Crippen molar-refractivity contribution in [1.29, 1.82) is 0 Å². The third-order valence-corrected chi connectivity index (χ3v) is 4.16. The topological polar surface area (TPSA) is 60.2 Å². The summed E-state index contributed by atoms with van der Waals surface area (Å²) in [6.07, 6.45) is 0.609. The molecular formula is C14H20F3N3O. The van der Waals surface area contributed by atoms with E-state index in [-0.39, 0.29) is 24.8 Å². The molecule has 0 bridgehead atoms. The van der Waals surface area contributed by atoms with Gasteiger partial charge < -0.3 is 4.74 Å². The minimum absolute atomic E-state index is 0.0928. The molecular weight excluding hydrogens is 283 g/mol. The Labute approximate surface area is 121 Å². The van der Waals surface area contributed by atoms with Gasteiger partial charge in [-0.15, -0.1) is 0 Å². The molecule has 4 nitrogen and oxygen atoms in total. The average Bonchev–Trinajstić information content (AvgIpc) is 2.48. The third-order valence-electron chi connectivity index (χ3n) is 4.16. The van der Waals surface area contributed by atoms with Crippen LogP contribution in [0.1, 0.15) is 37.3 Å². The van der Waals surface area contributed by atoms with Crippen LogP contribution >= 0.6 is 0 Å². The number of hydrazine groups is 1. The Balaban J connectivity index is 2.16. The highest BCUT2D eigenvalue weighted by molar-refractivity contribution is 5.26. The molecule has 21 heavy (non-hydrogen) atoms. The molecule has 1 aromatic heterocycles. The van der Waals surface area contributed by atoms with Crippen LogP contribution in [0, 0.1) is 11.8 Å². The standard InChI is InChI=1S/C14H20F3N3O/c1-21-12-6-10(7-19-8-12)13(20-18)9-3-2-4-11(5-9)14(15,16)17/h6-9,11,13,20H,2-5,18H2,1H3. The van der Waals surface area contributed by atoms with Crippen molar-refractivity contribution < 1.29 is 17.9 Å². The summed E-state index contributed by atoms with van der Waals surface area (Å²) in [6.45, 7) is 0. The van der Waals surface area contributed by atoms with Gasteiger partial charge in [0.2, 0.25) is 0 Å². The quantitative estimate of drug-likeness (QED) is 0.663. The Morgan fingerprint density at radius 3 is 2.76 bits per heavy atom. The van der Waals surface area contributed by atoms with Gasteiger partial charge in [-0.25, -0.2) is 0 Å². The summed E-state index contributed by atoms with van der Waals surface area (Å²) in [6, 6.07) is 1.41. The molecule has 0 aromatic carbocycles. The molecule has 3 N–H and O–H groups in total. The number of pyridine rings is 1. The monoisotopic (exact) mass is 303 g/mol. The van der Waals surface area contributed by atoms with Crippen LogP contribution in [0.3, 0.4) is 0 Å². The minimum Gasteiger partial charge on any atom is -0.495 e. The van der Waals surface area contributed by atoms with Crippen LogP contribution < -0.4 is 16.0 Å². The molecule has 7 heteroatoms. The molecule has 0 aliphatic heterocycles. The number of halogens is 3. The first-order valence-electron chi connectivity index (χ1n) is 6.97. The minimum atomic E-state index is -4.13. The summed E-state index contributed by atoms with van der Waals surface area (Å²) < 4.78 is 43.9. The van der Waals surface area contributed by atoms with E-state index in [0.29, 0.717) is 12.2 Å². The second kappa shape index (κ2) is 6.62. The summed E-state index contributed by atoms with van der Waals surface area (Å²) in [5.41, 5.74) is 3.40. The van der Waals surface area contributed by atoms with Crippen molar-refractivity contribution >= 4 is 0 Å². The molecule has 1 saturated carbocycles. The van der Waals surface area contributed by atoms with Crippen molar-refractivity contribution in [2.45, 2.75) is 37.9 Å². The first-order valence-corrected chi connectivity index (χ1v) is 6.97. The van der Waals surface area contributed by atoms with E-state index in [1.54, 1.807) is 18.5 Å². The van der Waals surface area contributed by atoms with Gasteiger partial charge in [0.1, 0.15) is 5.75 Å². The van der Waals surface area contributed by atoms with Crippen LogP contribution in [-0.4, -0.2) is 18.3 Å². The second-order valence-electron chi connectivity index (χ2n) is 5.47. The predicted octanol–water partition coefficient (Wildman–Crippen LogP) is 2.96. The Morgan fingerprint density at radius 1 is 1.38 bits per heavy atom. The lowest BCUT2D eigenvalue weighted by Gasteiger charge is -2.35. The van der Waals surface area contributed by atoms with E-state index < -0.39 is 12.1 Å². The van der Waals surface area contributed by atoms with E-state index in [9.17, 15) is 13.2 Å². The van der Waals surface area contributed by atoms with Gasteiger partial charge in [0, 0.05) is 6.20 Å². The van der Waals surface area contributed by atoms with Crippen LogP contribution in [0.15, 0.2) is 18.5 Å². The highest BCUT2D eigenvalue weighted by atomic mass is 19.4. The number of hydrogen-bond acceptors (Lipinski definition) is 4. The Hall–Kier alpha value is -1.34. The van der Waals surface area contributed by atoms with Gasteiger partial charge in [-0.2, -0.15) is 13.2 Å². The lowest BCUT2D eigenvalue weighted by atomic mass is 9.76. The summed E-state index contributed by atoms with van der Waals surface area (Å²) in [7, 11) is 1.52. The van der Waals surface area contributed by atoms with Crippen LogP contribution in [0.4, 0.5) is 13.2 Å². The highest BCUT2D eigenvalue weighted by Gasteiger charge is 2.43. The molecule has 118 valence electrons.